The zero-order chi connectivity index (χ0) is 53.1. The molecule has 4 saturated carbocycles. The minimum atomic E-state index is -2.04. The topological polar surface area (TPSA) is 376 Å². The molecule has 0 unspecified atom stereocenters. The third-order valence-corrected chi connectivity index (χ3v) is 20.0. The maximum atomic E-state index is 12.1. The predicted octanol–water partition coefficient (Wildman–Crippen LogP) is -4.33. The number of aliphatic hydroxyl groups is 14. The Balaban J connectivity index is 0.801. The molecule has 6 saturated heterocycles. The van der Waals surface area contributed by atoms with E-state index in [0.717, 1.165) is 32.1 Å². The second-order valence-electron chi connectivity index (χ2n) is 24.2. The van der Waals surface area contributed by atoms with E-state index >= 15 is 0 Å². The minimum absolute atomic E-state index is 0.0113. The van der Waals surface area contributed by atoms with E-state index in [0.29, 0.717) is 37.2 Å². The van der Waals surface area contributed by atoms with Gasteiger partial charge in [-0.15, -0.1) is 0 Å². The SMILES string of the molecule is C[C@@H]1CC[C@]2(OC1)O[C@@H]1C[C@@H]3[C@H]4C[C@@H](O)[C@@H]5C[C@@H](O[C@H]6O[C@@H](CO)[C@H](O[C@H]7O[C@@H](CO)[C@H](O)[C@@H](O)[C@@H]7O[C@H]7O[C@@H](CO)[C@H](O)[C@@H](O[C@H]8OC[C@H](O)[C@@H](O)[C@@H]8O)[C@@H]7O)[C@@H](O)[C@@H]6O)[C@H](O)C[C@]5(C)[C@H]4CC[C@]3(C)[C@@H]1[C@H]2C. The van der Waals surface area contributed by atoms with Gasteiger partial charge in [0.05, 0.1) is 57.5 Å². The lowest BCUT2D eigenvalue weighted by Gasteiger charge is -2.63. The van der Waals surface area contributed by atoms with Crippen LogP contribution >= 0.6 is 0 Å². The van der Waals surface area contributed by atoms with E-state index in [9.17, 15) is 71.5 Å². The Morgan fingerprint density at radius 3 is 1.81 bits per heavy atom. The molecule has 0 radical (unpaired) electrons. The van der Waals surface area contributed by atoms with Crippen molar-refractivity contribution in [1.29, 1.82) is 0 Å². The first kappa shape index (κ1) is 56.3. The van der Waals surface area contributed by atoms with E-state index in [2.05, 4.69) is 27.7 Å². The van der Waals surface area contributed by atoms with Crippen molar-refractivity contribution in [3.8, 4) is 0 Å². The van der Waals surface area contributed by atoms with Gasteiger partial charge in [0.25, 0.3) is 0 Å². The van der Waals surface area contributed by atoms with Gasteiger partial charge in [-0.3, -0.25) is 0 Å². The van der Waals surface area contributed by atoms with Crippen molar-refractivity contribution in [2.24, 2.45) is 52.3 Å². The van der Waals surface area contributed by atoms with Crippen LogP contribution in [-0.2, 0) is 47.4 Å². The van der Waals surface area contributed by atoms with Crippen LogP contribution < -0.4 is 0 Å². The summed E-state index contributed by atoms with van der Waals surface area (Å²) in [5, 5.41) is 153. The summed E-state index contributed by atoms with van der Waals surface area (Å²) in [7, 11) is 0. The van der Waals surface area contributed by atoms with Crippen LogP contribution in [0.15, 0.2) is 0 Å². The molecule has 74 heavy (non-hydrogen) atoms. The molecule has 6 aliphatic heterocycles. The van der Waals surface area contributed by atoms with Crippen LogP contribution in [0.3, 0.4) is 0 Å². The molecular weight excluding hydrogens is 985 g/mol. The second kappa shape index (κ2) is 21.5. The lowest BCUT2D eigenvalue weighted by molar-refractivity contribution is -0.397. The molecule has 0 aromatic rings. The zero-order valence-corrected chi connectivity index (χ0v) is 42.4. The van der Waals surface area contributed by atoms with Crippen LogP contribution in [-0.4, -0.2) is 251 Å². The Kier molecular flexibility index (Phi) is 16.4. The number of rotatable bonds is 11. The smallest absolute Gasteiger partial charge is 0.187 e. The highest BCUT2D eigenvalue weighted by Gasteiger charge is 2.70. The number of aliphatic hydroxyl groups excluding tert-OH is 14. The van der Waals surface area contributed by atoms with Gasteiger partial charge < -0.3 is 119 Å². The lowest BCUT2D eigenvalue weighted by Crippen LogP contribution is -2.68. The Bertz CT molecular complexity index is 1900. The second-order valence-corrected chi connectivity index (χ2v) is 24.2. The van der Waals surface area contributed by atoms with Crippen LogP contribution in [0.25, 0.3) is 0 Å². The monoisotopic (exact) mass is 1070 g/mol. The molecule has 24 nitrogen and oxygen atoms in total. The molecule has 33 atom stereocenters. The van der Waals surface area contributed by atoms with Gasteiger partial charge in [-0.2, -0.15) is 0 Å². The summed E-state index contributed by atoms with van der Waals surface area (Å²) in [4.78, 5) is 0. The maximum Gasteiger partial charge on any atom is 0.187 e. The summed E-state index contributed by atoms with van der Waals surface area (Å²) in [6, 6.07) is 0. The van der Waals surface area contributed by atoms with Gasteiger partial charge in [-0.1, -0.05) is 27.7 Å². The van der Waals surface area contributed by atoms with Crippen molar-refractivity contribution in [2.45, 2.75) is 226 Å². The van der Waals surface area contributed by atoms with Crippen LogP contribution in [0.5, 0.6) is 0 Å². The molecule has 6 heterocycles. The van der Waals surface area contributed by atoms with E-state index in [1.165, 1.54) is 0 Å². The average Bonchev–Trinajstić information content (AvgIpc) is 3.86. The van der Waals surface area contributed by atoms with E-state index in [4.69, 9.17) is 47.4 Å². The van der Waals surface area contributed by atoms with E-state index in [1.807, 2.05) is 0 Å². The van der Waals surface area contributed by atoms with E-state index in [1.54, 1.807) is 0 Å². The van der Waals surface area contributed by atoms with Crippen LogP contribution in [0.4, 0.5) is 0 Å². The summed E-state index contributed by atoms with van der Waals surface area (Å²) < 4.78 is 60.1. The number of hydrogen-bond acceptors (Lipinski definition) is 24. The fourth-order valence-electron chi connectivity index (χ4n) is 16.0. The maximum absolute atomic E-state index is 12.1. The Morgan fingerprint density at radius 2 is 1.12 bits per heavy atom. The van der Waals surface area contributed by atoms with Gasteiger partial charge in [0.15, 0.2) is 30.9 Å². The molecule has 10 rings (SSSR count). The molecule has 0 aromatic heterocycles. The standard InChI is InChI=1S/C50H82O24/c1-18-5-8-50(66-16-18)19(2)32-28(74-50)10-22-20-9-24(54)23-11-27(25(55)12-49(23,4)21(20)6-7-48(22,32)3)67-45-39(63)37(61)41(31(15-53)70-45)71-47-43(36(60)34(58)29(13-51)69-47)73-46-40(64)42(35(59)30(14-52)68-46)72-44-38(62)33(57)26(56)17-65-44/h18-47,51-64H,5-17H2,1-4H3/t18-,19-,20+,21+,22-,23+,24-,25-,26+,27-,28-,29+,30+,31+,32-,33-,34+,35+,36-,37+,38+,39+,40+,41+,42-,43+,44-,45+,46-,47-,48+,49-,50+/m1/s1. The van der Waals surface area contributed by atoms with E-state index < -0.39 is 173 Å². The Morgan fingerprint density at radius 1 is 0.500 bits per heavy atom. The normalized spacial score (nSPS) is 58.6. The summed E-state index contributed by atoms with van der Waals surface area (Å²) in [5.41, 5.74) is -0.443. The summed E-state index contributed by atoms with van der Waals surface area (Å²) in [6.45, 7) is 6.70. The largest absolute Gasteiger partial charge is 0.394 e. The van der Waals surface area contributed by atoms with Crippen LogP contribution in [0.1, 0.15) is 79.1 Å². The first-order valence-corrected chi connectivity index (χ1v) is 26.9. The molecule has 4 aliphatic carbocycles. The molecule has 0 aromatic carbocycles. The quantitative estimate of drug-likeness (QED) is 0.0870. The average molecular weight is 1070 g/mol. The Labute approximate surface area is 429 Å². The minimum Gasteiger partial charge on any atom is -0.394 e. The third-order valence-electron chi connectivity index (χ3n) is 20.0. The van der Waals surface area contributed by atoms with Gasteiger partial charge in [0, 0.05) is 12.3 Å². The van der Waals surface area contributed by atoms with Gasteiger partial charge in [0.1, 0.15) is 91.6 Å². The van der Waals surface area contributed by atoms with Crippen molar-refractivity contribution in [3.63, 3.8) is 0 Å². The molecule has 10 fully saturated rings. The first-order valence-electron chi connectivity index (χ1n) is 26.9. The highest BCUT2D eigenvalue weighted by atomic mass is 16.8. The third kappa shape index (κ3) is 9.45. The van der Waals surface area contributed by atoms with Gasteiger partial charge in [-0.05, 0) is 91.3 Å². The highest BCUT2D eigenvalue weighted by molar-refractivity contribution is 5.17. The summed E-state index contributed by atoms with van der Waals surface area (Å²) in [5.74, 6) is 1.04. The fourth-order valence-corrected chi connectivity index (χ4v) is 16.0. The molecule has 1 spiro atoms. The number of ether oxygens (including phenoxy) is 10. The van der Waals surface area contributed by atoms with E-state index in [-0.39, 0.29) is 41.6 Å². The number of hydrogen-bond donors (Lipinski definition) is 14. The Hall–Kier alpha value is -0.960. The summed E-state index contributed by atoms with van der Waals surface area (Å²) >= 11 is 0. The zero-order valence-electron chi connectivity index (χ0n) is 42.4. The molecule has 14 N–H and O–H groups in total. The van der Waals surface area contributed by atoms with Crippen molar-refractivity contribution in [2.75, 3.05) is 33.0 Å². The van der Waals surface area contributed by atoms with Crippen molar-refractivity contribution >= 4 is 0 Å². The molecule has 24 heteroatoms. The molecule has 0 amide bonds. The van der Waals surface area contributed by atoms with Gasteiger partial charge in [0.2, 0.25) is 0 Å². The van der Waals surface area contributed by atoms with Gasteiger partial charge >= 0.3 is 0 Å². The van der Waals surface area contributed by atoms with Crippen molar-refractivity contribution in [1.82, 2.24) is 0 Å². The summed E-state index contributed by atoms with van der Waals surface area (Å²) in [6.07, 6.45) is -30.6. The van der Waals surface area contributed by atoms with Crippen LogP contribution in [0.2, 0.25) is 0 Å². The predicted molar refractivity (Wildman–Crippen MR) is 245 cm³/mol. The molecule has 10 aliphatic rings. The number of fused-ring (bicyclic) bond motifs is 7. The van der Waals surface area contributed by atoms with Crippen molar-refractivity contribution in [3.05, 3.63) is 0 Å². The first-order chi connectivity index (χ1) is 35.1. The molecule has 0 bridgehead atoms. The lowest BCUT2D eigenvalue weighted by atomic mass is 9.43. The van der Waals surface area contributed by atoms with Crippen LogP contribution in [0, 0.1) is 52.3 Å². The molecular formula is C50H82O24. The highest BCUT2D eigenvalue weighted by Crippen LogP contribution is 2.71. The van der Waals surface area contributed by atoms with Gasteiger partial charge in [-0.25, -0.2) is 0 Å². The molecule has 426 valence electrons. The van der Waals surface area contributed by atoms with Crippen molar-refractivity contribution < 1.29 is 119 Å². The fraction of sp³-hybridized carbons (Fsp3) is 1.00.